The van der Waals surface area contributed by atoms with E-state index in [1.165, 1.54) is 4.90 Å². The van der Waals surface area contributed by atoms with Crippen LogP contribution in [0.2, 0.25) is 0 Å². The minimum absolute atomic E-state index is 0.0841. The summed E-state index contributed by atoms with van der Waals surface area (Å²) in [7, 11) is 0. The maximum Gasteiger partial charge on any atom is 0.233 e. The van der Waals surface area contributed by atoms with E-state index >= 15 is 0 Å². The highest BCUT2D eigenvalue weighted by Gasteiger charge is 2.59. The minimum Gasteiger partial charge on any atom is -0.390 e. The molecule has 3 fully saturated rings. The van der Waals surface area contributed by atoms with E-state index in [1.54, 1.807) is 18.5 Å². The van der Waals surface area contributed by atoms with E-state index in [2.05, 4.69) is 31.9 Å². The molecule has 0 radical (unpaired) electrons. The standard InChI is InChI=1S/C21H27N5O3/c27-16(12-24-7-2-8-25(10-9-24)21-22-5-1-6-23-21)13-26-19(28)17-14-3-4-15(11-14)18(17)20(26)29/h1,3-6,14-18,27H,2,7-13H2. The van der Waals surface area contributed by atoms with Gasteiger partial charge in [0.2, 0.25) is 17.8 Å². The lowest BCUT2D eigenvalue weighted by Gasteiger charge is -2.26. The molecule has 0 aromatic carbocycles. The maximum absolute atomic E-state index is 12.8. The van der Waals surface area contributed by atoms with E-state index in [-0.39, 0.29) is 42.0 Å². The van der Waals surface area contributed by atoms with Crippen molar-refractivity contribution < 1.29 is 14.7 Å². The molecule has 2 saturated heterocycles. The summed E-state index contributed by atoms with van der Waals surface area (Å²) in [5, 5.41) is 10.6. The lowest BCUT2D eigenvalue weighted by Crippen LogP contribution is -2.44. The summed E-state index contributed by atoms with van der Waals surface area (Å²) in [5.41, 5.74) is 0. The number of rotatable bonds is 5. The van der Waals surface area contributed by atoms with Gasteiger partial charge in [0.25, 0.3) is 0 Å². The summed E-state index contributed by atoms with van der Waals surface area (Å²) in [5.74, 6) is 0.599. The van der Waals surface area contributed by atoms with Crippen molar-refractivity contribution >= 4 is 17.8 Å². The van der Waals surface area contributed by atoms with Crippen molar-refractivity contribution in [1.29, 1.82) is 0 Å². The van der Waals surface area contributed by atoms with E-state index in [9.17, 15) is 14.7 Å². The number of nitrogens with zero attached hydrogens (tertiary/aromatic N) is 5. The Morgan fingerprint density at radius 2 is 1.66 bits per heavy atom. The smallest absolute Gasteiger partial charge is 0.233 e. The monoisotopic (exact) mass is 397 g/mol. The number of hydrogen-bond donors (Lipinski definition) is 1. The van der Waals surface area contributed by atoms with Crippen molar-refractivity contribution in [3.05, 3.63) is 30.6 Å². The van der Waals surface area contributed by atoms with Gasteiger partial charge in [-0.25, -0.2) is 9.97 Å². The fourth-order valence-electron chi connectivity index (χ4n) is 5.52. The van der Waals surface area contributed by atoms with Gasteiger partial charge < -0.3 is 10.0 Å². The molecule has 2 aliphatic heterocycles. The van der Waals surface area contributed by atoms with Gasteiger partial charge in [-0.2, -0.15) is 0 Å². The van der Waals surface area contributed by atoms with Crippen LogP contribution in [0.5, 0.6) is 0 Å². The van der Waals surface area contributed by atoms with E-state index in [0.29, 0.717) is 6.54 Å². The predicted octanol–water partition coefficient (Wildman–Crippen LogP) is 0.157. The Kier molecular flexibility index (Phi) is 4.83. The molecule has 1 N–H and O–H groups in total. The van der Waals surface area contributed by atoms with Crippen LogP contribution in [0, 0.1) is 23.7 Å². The Morgan fingerprint density at radius 1 is 0.966 bits per heavy atom. The first-order valence-electron chi connectivity index (χ1n) is 10.6. The fourth-order valence-corrected chi connectivity index (χ4v) is 5.52. The molecule has 2 bridgehead atoms. The molecule has 154 valence electrons. The van der Waals surface area contributed by atoms with Crippen molar-refractivity contribution in [2.75, 3.05) is 44.2 Å². The van der Waals surface area contributed by atoms with Crippen LogP contribution >= 0.6 is 0 Å². The molecule has 5 unspecified atom stereocenters. The largest absolute Gasteiger partial charge is 0.390 e. The molecule has 2 aliphatic carbocycles. The second kappa shape index (κ2) is 7.50. The molecule has 2 amide bonds. The Labute approximate surface area is 170 Å². The number of anilines is 1. The van der Waals surface area contributed by atoms with Crippen molar-refractivity contribution in [3.8, 4) is 0 Å². The summed E-state index contributed by atoms with van der Waals surface area (Å²) in [6.45, 7) is 3.88. The summed E-state index contributed by atoms with van der Waals surface area (Å²) in [4.78, 5) is 39.9. The number of aromatic nitrogens is 2. The number of aliphatic hydroxyl groups excluding tert-OH is 1. The number of β-amino-alcohol motifs (C(OH)–C–C–N with tert-alkyl or cyclic N) is 1. The number of amides is 2. The lowest BCUT2D eigenvalue weighted by molar-refractivity contribution is -0.142. The molecule has 0 spiro atoms. The highest BCUT2D eigenvalue weighted by Crippen LogP contribution is 2.52. The maximum atomic E-state index is 12.8. The van der Waals surface area contributed by atoms with Gasteiger partial charge in [-0.3, -0.25) is 19.4 Å². The molecule has 5 atom stereocenters. The molecule has 29 heavy (non-hydrogen) atoms. The zero-order valence-corrected chi connectivity index (χ0v) is 16.4. The van der Waals surface area contributed by atoms with Crippen LogP contribution in [0.15, 0.2) is 30.6 Å². The number of fused-ring (bicyclic) bond motifs is 5. The Hall–Kier alpha value is -2.32. The van der Waals surface area contributed by atoms with Crippen LogP contribution in [0.1, 0.15) is 12.8 Å². The molecule has 3 heterocycles. The van der Waals surface area contributed by atoms with E-state index in [0.717, 1.165) is 45.0 Å². The number of aliphatic hydroxyl groups is 1. The average molecular weight is 397 g/mol. The average Bonchev–Trinajstić information content (AvgIpc) is 3.35. The van der Waals surface area contributed by atoms with Crippen molar-refractivity contribution in [2.24, 2.45) is 23.7 Å². The normalized spacial score (nSPS) is 32.7. The predicted molar refractivity (Wildman–Crippen MR) is 106 cm³/mol. The first-order valence-corrected chi connectivity index (χ1v) is 10.6. The third kappa shape index (κ3) is 3.34. The minimum atomic E-state index is -0.730. The van der Waals surface area contributed by atoms with Crippen LogP contribution in [-0.4, -0.2) is 82.1 Å². The highest BCUT2D eigenvalue weighted by molar-refractivity contribution is 6.06. The van der Waals surface area contributed by atoms with Gasteiger partial charge in [-0.05, 0) is 37.3 Å². The van der Waals surface area contributed by atoms with Gasteiger partial charge in [0.1, 0.15) is 0 Å². The Morgan fingerprint density at radius 3 is 2.34 bits per heavy atom. The van der Waals surface area contributed by atoms with Crippen molar-refractivity contribution in [2.45, 2.75) is 18.9 Å². The lowest BCUT2D eigenvalue weighted by atomic mass is 9.85. The molecule has 4 aliphatic rings. The fraction of sp³-hybridized carbons (Fsp3) is 0.619. The molecule has 8 heteroatoms. The SMILES string of the molecule is O=C1C2C3C=CC(C3)C2C(=O)N1CC(O)CN1CCCN(c2ncccn2)CC1. The summed E-state index contributed by atoms with van der Waals surface area (Å²) < 4.78 is 0. The molecule has 8 nitrogen and oxygen atoms in total. The molecule has 1 aromatic heterocycles. The second-order valence-electron chi connectivity index (χ2n) is 8.63. The number of carbonyl (C=O) groups excluding carboxylic acids is 2. The van der Waals surface area contributed by atoms with Crippen molar-refractivity contribution in [1.82, 2.24) is 19.8 Å². The third-order valence-corrected chi connectivity index (χ3v) is 6.85. The van der Waals surface area contributed by atoms with E-state index in [1.807, 2.05) is 0 Å². The van der Waals surface area contributed by atoms with Crippen LogP contribution < -0.4 is 4.90 Å². The van der Waals surface area contributed by atoms with E-state index < -0.39 is 6.10 Å². The van der Waals surface area contributed by atoms with Gasteiger partial charge in [-0.1, -0.05) is 12.2 Å². The third-order valence-electron chi connectivity index (χ3n) is 6.85. The molecule has 1 aromatic rings. The number of likely N-dealkylation sites (tertiary alicyclic amines) is 1. The summed E-state index contributed by atoms with van der Waals surface area (Å²) >= 11 is 0. The van der Waals surface area contributed by atoms with Crippen LogP contribution in [0.3, 0.4) is 0 Å². The first-order chi connectivity index (χ1) is 14.1. The zero-order chi connectivity index (χ0) is 20.0. The van der Waals surface area contributed by atoms with E-state index in [4.69, 9.17) is 0 Å². The zero-order valence-electron chi connectivity index (χ0n) is 16.4. The molecule has 1 saturated carbocycles. The first kappa shape index (κ1) is 18.7. The van der Waals surface area contributed by atoms with Gasteiger partial charge in [0.05, 0.1) is 24.5 Å². The van der Waals surface area contributed by atoms with Gasteiger partial charge >= 0.3 is 0 Å². The second-order valence-corrected chi connectivity index (χ2v) is 8.63. The number of hydrogen-bond acceptors (Lipinski definition) is 7. The summed E-state index contributed by atoms with van der Waals surface area (Å²) in [6.07, 6.45) is 8.83. The summed E-state index contributed by atoms with van der Waals surface area (Å²) in [6, 6.07) is 1.81. The van der Waals surface area contributed by atoms with Gasteiger partial charge in [0, 0.05) is 38.6 Å². The molecular weight excluding hydrogens is 370 g/mol. The molecule has 5 rings (SSSR count). The highest BCUT2D eigenvalue weighted by atomic mass is 16.3. The Bertz CT molecular complexity index is 786. The van der Waals surface area contributed by atoms with Gasteiger partial charge in [0.15, 0.2) is 0 Å². The quantitative estimate of drug-likeness (QED) is 0.559. The van der Waals surface area contributed by atoms with Gasteiger partial charge in [-0.15, -0.1) is 0 Å². The van der Waals surface area contributed by atoms with Crippen LogP contribution in [0.25, 0.3) is 0 Å². The molecular formula is C21H27N5O3. The number of imide groups is 1. The number of carbonyl (C=O) groups is 2. The van der Waals surface area contributed by atoms with Crippen LogP contribution in [0.4, 0.5) is 5.95 Å². The number of allylic oxidation sites excluding steroid dienone is 2. The topological polar surface area (TPSA) is 89.9 Å². The Balaban J connectivity index is 1.16. The van der Waals surface area contributed by atoms with Crippen molar-refractivity contribution in [3.63, 3.8) is 0 Å². The van der Waals surface area contributed by atoms with Crippen LogP contribution in [-0.2, 0) is 9.59 Å².